The molecule has 3 amide bonds. The van der Waals surface area contributed by atoms with E-state index in [9.17, 15) is 29.1 Å². The highest BCUT2D eigenvalue weighted by Crippen LogP contribution is 2.22. The van der Waals surface area contributed by atoms with Crippen molar-refractivity contribution in [3.8, 4) is 0 Å². The van der Waals surface area contributed by atoms with Crippen molar-refractivity contribution in [1.29, 1.82) is 0 Å². The molecule has 1 aromatic carbocycles. The number of nitrogens with two attached hydrogens (primary N) is 2. The van der Waals surface area contributed by atoms with Gasteiger partial charge in [-0.2, -0.15) is 0 Å². The zero-order chi connectivity index (χ0) is 27.1. The highest BCUT2D eigenvalue weighted by molar-refractivity contribution is 5.93. The molecule has 198 valence electrons. The van der Waals surface area contributed by atoms with Gasteiger partial charge in [-0.15, -0.1) is 0 Å². The topological polar surface area (TPSA) is 215 Å². The van der Waals surface area contributed by atoms with E-state index in [0.29, 0.717) is 18.3 Å². The van der Waals surface area contributed by atoms with Crippen molar-refractivity contribution >= 4 is 36.1 Å². The van der Waals surface area contributed by atoms with Gasteiger partial charge in [-0.25, -0.2) is 4.79 Å². The van der Waals surface area contributed by atoms with Crippen LogP contribution < -0.4 is 27.4 Å². The summed E-state index contributed by atoms with van der Waals surface area (Å²) in [5.74, 6) is -2.68. The average Bonchev–Trinajstić information content (AvgIpc) is 2.82. The zero-order valence-corrected chi connectivity index (χ0v) is 20.4. The van der Waals surface area contributed by atoms with E-state index in [1.165, 1.54) is 0 Å². The smallest absolute Gasteiger partial charge is 0.407 e. The van der Waals surface area contributed by atoms with Crippen LogP contribution in [0.5, 0.6) is 0 Å². The van der Waals surface area contributed by atoms with Crippen molar-refractivity contribution in [3.63, 3.8) is 0 Å². The third-order valence-corrected chi connectivity index (χ3v) is 5.20. The third-order valence-electron chi connectivity index (χ3n) is 5.20. The van der Waals surface area contributed by atoms with Gasteiger partial charge in [-0.3, -0.25) is 19.4 Å². The number of aliphatic imine (C=N–C) groups is 1. The average molecular weight is 507 g/mol. The van der Waals surface area contributed by atoms with Crippen LogP contribution in [0.4, 0.5) is 4.79 Å². The number of aldehydes is 1. The van der Waals surface area contributed by atoms with Crippen molar-refractivity contribution in [2.75, 3.05) is 20.2 Å². The fourth-order valence-corrected chi connectivity index (χ4v) is 3.46. The predicted octanol–water partition coefficient (Wildman–Crippen LogP) is -0.649. The lowest BCUT2D eigenvalue weighted by Gasteiger charge is -2.33. The molecule has 0 aliphatic rings. The number of aryl methyl sites for hydroxylation is 1. The molecule has 2 atom stereocenters. The first-order chi connectivity index (χ1) is 17.0. The van der Waals surface area contributed by atoms with E-state index in [1.807, 2.05) is 13.0 Å². The predicted molar refractivity (Wildman–Crippen MR) is 131 cm³/mol. The molecule has 0 heterocycles. The molecule has 1 aromatic rings. The van der Waals surface area contributed by atoms with Gasteiger partial charge < -0.3 is 42.1 Å². The van der Waals surface area contributed by atoms with E-state index in [2.05, 4.69) is 25.7 Å². The number of carbonyl (C=O) groups is 5. The molecule has 0 aliphatic heterocycles. The second-order valence-electron chi connectivity index (χ2n) is 8.20. The summed E-state index contributed by atoms with van der Waals surface area (Å²) < 4.78 is 4.66. The first-order valence-corrected chi connectivity index (χ1v) is 11.2. The van der Waals surface area contributed by atoms with Crippen molar-refractivity contribution in [3.05, 3.63) is 35.4 Å². The molecule has 13 nitrogen and oxygen atoms in total. The van der Waals surface area contributed by atoms with Gasteiger partial charge in [-0.05, 0) is 31.7 Å². The highest BCUT2D eigenvalue weighted by atomic mass is 16.5. The summed E-state index contributed by atoms with van der Waals surface area (Å²) in [4.78, 5) is 64.2. The van der Waals surface area contributed by atoms with Crippen LogP contribution in [0.25, 0.3) is 0 Å². The minimum Gasteiger partial charge on any atom is -0.481 e. The lowest BCUT2D eigenvalue weighted by molar-refractivity contribution is -0.138. The number of hydrogen-bond acceptors (Lipinski definition) is 7. The van der Waals surface area contributed by atoms with E-state index in [4.69, 9.17) is 11.5 Å². The number of rotatable bonds is 15. The van der Waals surface area contributed by atoms with Crippen molar-refractivity contribution in [1.82, 2.24) is 16.0 Å². The van der Waals surface area contributed by atoms with Gasteiger partial charge >= 0.3 is 12.1 Å². The molecule has 0 spiro atoms. The molecule has 0 saturated carbocycles. The number of guanidine groups is 1. The number of carboxylic acid groups (broad SMARTS) is 1. The fourth-order valence-electron chi connectivity index (χ4n) is 3.46. The molecule has 0 aliphatic carbocycles. The van der Waals surface area contributed by atoms with E-state index < -0.39 is 48.4 Å². The SMILES string of the molecule is COC(=O)N[C@](CCC(=O)O)(Cc1cccc(C)c1)C(=O)NCC(=O)N[C@H](C=O)CCCN=C(N)N. The van der Waals surface area contributed by atoms with E-state index in [1.54, 1.807) is 18.2 Å². The fraction of sp³-hybridized carbons (Fsp3) is 0.478. The Kier molecular flexibility index (Phi) is 12.4. The van der Waals surface area contributed by atoms with Gasteiger partial charge in [0.05, 0.1) is 19.7 Å². The normalized spacial score (nSPS) is 12.8. The van der Waals surface area contributed by atoms with Crippen LogP contribution >= 0.6 is 0 Å². The molecule has 0 fully saturated rings. The number of benzene rings is 1. The number of carboxylic acids is 1. The maximum atomic E-state index is 13.3. The Balaban J connectivity index is 2.99. The zero-order valence-electron chi connectivity index (χ0n) is 20.4. The largest absolute Gasteiger partial charge is 0.481 e. The summed E-state index contributed by atoms with van der Waals surface area (Å²) in [6, 6.07) is 6.33. The Hall–Kier alpha value is -4.16. The number of nitrogens with one attached hydrogen (secondary N) is 3. The maximum absolute atomic E-state index is 13.3. The maximum Gasteiger partial charge on any atom is 0.407 e. The highest BCUT2D eigenvalue weighted by Gasteiger charge is 2.41. The summed E-state index contributed by atoms with van der Waals surface area (Å²) in [5, 5.41) is 16.6. The summed E-state index contributed by atoms with van der Waals surface area (Å²) in [5.41, 5.74) is 10.3. The first kappa shape index (κ1) is 29.9. The summed E-state index contributed by atoms with van der Waals surface area (Å²) in [7, 11) is 1.11. The minimum absolute atomic E-state index is 0.0493. The summed E-state index contributed by atoms with van der Waals surface area (Å²) in [6.07, 6.45) is -0.408. The number of ether oxygens (including phenoxy) is 1. The number of alkyl carbamates (subject to hydrolysis) is 1. The van der Waals surface area contributed by atoms with Crippen molar-refractivity contribution < 1.29 is 33.8 Å². The van der Waals surface area contributed by atoms with Crippen LogP contribution in [0.1, 0.15) is 36.8 Å². The second kappa shape index (κ2) is 15.0. The number of methoxy groups -OCH3 is 1. The Labute approximate surface area is 209 Å². The third kappa shape index (κ3) is 10.8. The molecule has 0 saturated heterocycles. The number of amides is 3. The molecule has 1 rings (SSSR count). The summed E-state index contributed by atoms with van der Waals surface area (Å²) >= 11 is 0. The quantitative estimate of drug-likeness (QED) is 0.0770. The molecule has 8 N–H and O–H groups in total. The standard InChI is InChI=1S/C23H34N6O7/c1-15-5-3-6-16(11-15)12-23(9-8-19(32)33,29-22(35)36-2)20(34)27-13-18(31)28-17(14-30)7-4-10-26-21(24)25/h3,5-6,11,14,17H,4,7-10,12-13H2,1-2H3,(H,27,34)(H,28,31)(H,29,35)(H,32,33)(H4,24,25,26)/t17-,23+/m0/s1. The lowest BCUT2D eigenvalue weighted by atomic mass is 9.84. The van der Waals surface area contributed by atoms with E-state index in [-0.39, 0.29) is 31.8 Å². The summed E-state index contributed by atoms with van der Waals surface area (Å²) in [6.45, 7) is 1.62. The van der Waals surface area contributed by atoms with Crippen LogP contribution in [-0.2, 0) is 30.3 Å². The number of carbonyl (C=O) groups excluding carboxylic acids is 4. The van der Waals surface area contributed by atoms with Crippen molar-refractivity contribution in [2.24, 2.45) is 16.5 Å². The molecule has 36 heavy (non-hydrogen) atoms. The van der Waals surface area contributed by atoms with Crippen LogP contribution in [0.3, 0.4) is 0 Å². The number of nitrogens with zero attached hydrogens (tertiary/aromatic N) is 1. The minimum atomic E-state index is -1.72. The lowest BCUT2D eigenvalue weighted by Crippen LogP contribution is -2.61. The Morgan fingerprint density at radius 2 is 1.97 bits per heavy atom. The van der Waals surface area contributed by atoms with E-state index >= 15 is 0 Å². The molecule has 0 radical (unpaired) electrons. The number of hydrogen-bond donors (Lipinski definition) is 6. The van der Waals surface area contributed by atoms with Crippen LogP contribution in [-0.4, -0.2) is 73.0 Å². The molecule has 0 aromatic heterocycles. The van der Waals surface area contributed by atoms with E-state index in [0.717, 1.165) is 12.7 Å². The monoisotopic (exact) mass is 506 g/mol. The van der Waals surface area contributed by atoms with Gasteiger partial charge in [-0.1, -0.05) is 29.8 Å². The molecular weight excluding hydrogens is 472 g/mol. The Bertz CT molecular complexity index is 964. The van der Waals surface area contributed by atoms with Gasteiger partial charge in [0, 0.05) is 19.4 Å². The van der Waals surface area contributed by atoms with Gasteiger partial charge in [0.1, 0.15) is 11.8 Å². The van der Waals surface area contributed by atoms with Gasteiger partial charge in [0.25, 0.3) is 0 Å². The second-order valence-corrected chi connectivity index (χ2v) is 8.20. The van der Waals surface area contributed by atoms with Crippen LogP contribution in [0.15, 0.2) is 29.3 Å². The van der Waals surface area contributed by atoms with Crippen LogP contribution in [0, 0.1) is 6.92 Å². The van der Waals surface area contributed by atoms with Gasteiger partial charge in [0.2, 0.25) is 11.8 Å². The van der Waals surface area contributed by atoms with Crippen LogP contribution in [0.2, 0.25) is 0 Å². The first-order valence-electron chi connectivity index (χ1n) is 11.2. The molecule has 0 bridgehead atoms. The number of aliphatic carboxylic acids is 1. The Morgan fingerprint density at radius 1 is 1.25 bits per heavy atom. The van der Waals surface area contributed by atoms with Gasteiger partial charge in [0.15, 0.2) is 5.96 Å². The Morgan fingerprint density at radius 3 is 2.56 bits per heavy atom. The molecule has 13 heteroatoms. The van der Waals surface area contributed by atoms with Crippen molar-refractivity contribution in [2.45, 2.75) is 50.6 Å². The molecule has 0 unspecified atom stereocenters. The molecular formula is C23H34N6O7.